The fourth-order valence-corrected chi connectivity index (χ4v) is 2.08. The Balaban J connectivity index is 2.57. The van der Waals surface area contributed by atoms with Crippen LogP contribution in [0.5, 0.6) is 0 Å². The molecule has 0 spiro atoms. The molecular formula is C13H11Cl2NO3. The Morgan fingerprint density at radius 2 is 2.16 bits per heavy atom. The van der Waals surface area contributed by atoms with Gasteiger partial charge in [0.1, 0.15) is 17.0 Å². The Morgan fingerprint density at radius 1 is 1.42 bits per heavy atom. The highest BCUT2D eigenvalue weighted by molar-refractivity contribution is 6.43. The van der Waals surface area contributed by atoms with Crippen LogP contribution in [0.15, 0.2) is 22.7 Å². The maximum absolute atomic E-state index is 11.9. The van der Waals surface area contributed by atoms with Crippen LogP contribution in [0.4, 0.5) is 0 Å². The van der Waals surface area contributed by atoms with E-state index in [9.17, 15) is 4.79 Å². The predicted molar refractivity (Wildman–Crippen MR) is 72.7 cm³/mol. The topological polar surface area (TPSA) is 52.3 Å². The smallest absolute Gasteiger partial charge is 0.344 e. The van der Waals surface area contributed by atoms with E-state index in [0.29, 0.717) is 27.1 Å². The number of carbonyl (C=O) groups excluding carboxylic acids is 1. The van der Waals surface area contributed by atoms with Crippen LogP contribution in [0.2, 0.25) is 10.0 Å². The van der Waals surface area contributed by atoms with E-state index in [-0.39, 0.29) is 12.2 Å². The lowest BCUT2D eigenvalue weighted by Crippen LogP contribution is -2.06. The monoisotopic (exact) mass is 299 g/mol. The number of carbonyl (C=O) groups is 1. The van der Waals surface area contributed by atoms with Crippen molar-refractivity contribution in [3.63, 3.8) is 0 Å². The number of halogens is 2. The van der Waals surface area contributed by atoms with Crippen LogP contribution < -0.4 is 0 Å². The number of rotatable bonds is 3. The zero-order chi connectivity index (χ0) is 14.0. The summed E-state index contributed by atoms with van der Waals surface area (Å²) in [5.74, 6) is -0.114. The first-order chi connectivity index (χ1) is 9.06. The lowest BCUT2D eigenvalue weighted by Gasteiger charge is -2.05. The molecule has 0 radical (unpaired) electrons. The summed E-state index contributed by atoms with van der Waals surface area (Å²) < 4.78 is 10.0. The van der Waals surface area contributed by atoms with Crippen molar-refractivity contribution >= 4 is 29.2 Å². The van der Waals surface area contributed by atoms with E-state index in [1.54, 1.807) is 32.0 Å². The highest BCUT2D eigenvalue weighted by Crippen LogP contribution is 2.35. The molecule has 0 N–H and O–H groups in total. The Morgan fingerprint density at radius 3 is 2.84 bits per heavy atom. The van der Waals surface area contributed by atoms with Crippen molar-refractivity contribution in [2.45, 2.75) is 13.8 Å². The van der Waals surface area contributed by atoms with Gasteiger partial charge in [-0.1, -0.05) is 40.5 Å². The van der Waals surface area contributed by atoms with Gasteiger partial charge in [-0.2, -0.15) is 0 Å². The lowest BCUT2D eigenvalue weighted by molar-refractivity contribution is 0.0525. The number of aromatic nitrogens is 1. The van der Waals surface area contributed by atoms with Crippen LogP contribution in [0.3, 0.4) is 0 Å². The summed E-state index contributed by atoms with van der Waals surface area (Å²) in [5.41, 5.74) is 1.14. The summed E-state index contributed by atoms with van der Waals surface area (Å²) in [6, 6.07) is 5.10. The fraction of sp³-hybridized carbons (Fsp3) is 0.231. The van der Waals surface area contributed by atoms with Crippen LogP contribution in [-0.4, -0.2) is 17.7 Å². The first kappa shape index (κ1) is 13.9. The quantitative estimate of drug-likeness (QED) is 0.800. The Labute approximate surface area is 120 Å². The number of hydrogen-bond acceptors (Lipinski definition) is 4. The largest absolute Gasteiger partial charge is 0.462 e. The third-order valence-corrected chi connectivity index (χ3v) is 3.37. The molecular weight excluding hydrogens is 289 g/mol. The van der Waals surface area contributed by atoms with E-state index in [0.717, 1.165) is 0 Å². The van der Waals surface area contributed by atoms with Gasteiger partial charge < -0.3 is 9.26 Å². The maximum Gasteiger partial charge on any atom is 0.344 e. The van der Waals surface area contributed by atoms with Crippen molar-refractivity contribution in [2.24, 2.45) is 0 Å². The second-order valence-electron chi connectivity index (χ2n) is 3.78. The second kappa shape index (κ2) is 5.63. The van der Waals surface area contributed by atoms with Crippen LogP contribution >= 0.6 is 23.2 Å². The Bertz CT molecular complexity index is 622. The number of benzene rings is 1. The molecule has 0 aliphatic rings. The average Bonchev–Trinajstić information content (AvgIpc) is 2.75. The highest BCUT2D eigenvalue weighted by atomic mass is 35.5. The normalized spacial score (nSPS) is 10.5. The molecule has 4 nitrogen and oxygen atoms in total. The number of ether oxygens (including phenoxy) is 1. The first-order valence-electron chi connectivity index (χ1n) is 5.64. The van der Waals surface area contributed by atoms with Gasteiger partial charge in [-0.25, -0.2) is 4.79 Å². The summed E-state index contributed by atoms with van der Waals surface area (Å²) >= 11 is 12.1. The summed E-state index contributed by atoms with van der Waals surface area (Å²) in [5, 5.41) is 4.58. The van der Waals surface area contributed by atoms with Gasteiger partial charge in [0.25, 0.3) is 0 Å². The van der Waals surface area contributed by atoms with Gasteiger partial charge >= 0.3 is 5.97 Å². The molecule has 2 aromatic rings. The third-order valence-electron chi connectivity index (χ3n) is 2.55. The lowest BCUT2D eigenvalue weighted by atomic mass is 10.1. The molecule has 0 bridgehead atoms. The van der Waals surface area contributed by atoms with Gasteiger partial charge in [0.05, 0.1) is 16.7 Å². The molecule has 0 atom stereocenters. The second-order valence-corrected chi connectivity index (χ2v) is 4.57. The minimum atomic E-state index is -0.493. The number of aryl methyl sites for hydroxylation is 1. The molecule has 0 amide bonds. The molecule has 0 saturated carbocycles. The van der Waals surface area contributed by atoms with Crippen molar-refractivity contribution in [2.75, 3.05) is 6.61 Å². The molecule has 100 valence electrons. The first-order valence-corrected chi connectivity index (χ1v) is 6.39. The van der Waals surface area contributed by atoms with Gasteiger partial charge in [-0.05, 0) is 19.9 Å². The Hall–Kier alpha value is -1.52. The molecule has 0 unspecified atom stereocenters. The third kappa shape index (κ3) is 2.60. The maximum atomic E-state index is 11.9. The summed E-state index contributed by atoms with van der Waals surface area (Å²) in [7, 11) is 0. The minimum Gasteiger partial charge on any atom is -0.462 e. The summed E-state index contributed by atoms with van der Waals surface area (Å²) in [6.45, 7) is 3.64. The van der Waals surface area contributed by atoms with Crippen molar-refractivity contribution in [3.8, 4) is 11.3 Å². The fourth-order valence-electron chi connectivity index (χ4n) is 1.69. The van der Waals surface area contributed by atoms with Crippen LogP contribution in [0, 0.1) is 6.92 Å². The molecule has 1 heterocycles. The zero-order valence-corrected chi connectivity index (χ0v) is 11.9. The number of hydrogen-bond donors (Lipinski definition) is 0. The van der Waals surface area contributed by atoms with Gasteiger partial charge in [-0.15, -0.1) is 0 Å². The van der Waals surface area contributed by atoms with E-state index in [1.807, 2.05) is 0 Å². The average molecular weight is 300 g/mol. The molecule has 0 aliphatic carbocycles. The van der Waals surface area contributed by atoms with E-state index in [1.165, 1.54) is 0 Å². The molecule has 1 aromatic carbocycles. The zero-order valence-electron chi connectivity index (χ0n) is 10.4. The highest BCUT2D eigenvalue weighted by Gasteiger charge is 2.24. The molecule has 2 rings (SSSR count). The van der Waals surface area contributed by atoms with E-state index in [4.69, 9.17) is 32.5 Å². The van der Waals surface area contributed by atoms with Crippen molar-refractivity contribution in [1.29, 1.82) is 0 Å². The van der Waals surface area contributed by atoms with Gasteiger partial charge in [-0.3, -0.25) is 0 Å². The minimum absolute atomic E-state index is 0.269. The van der Waals surface area contributed by atoms with Crippen LogP contribution in [0.1, 0.15) is 23.0 Å². The molecule has 0 fully saturated rings. The standard InChI is InChI=1S/C13H11Cl2NO3/c1-3-18-13(17)10-7(2)19-16-12(10)8-5-4-6-9(14)11(8)15/h4-6H,3H2,1-2H3. The molecule has 0 aliphatic heterocycles. The molecule has 19 heavy (non-hydrogen) atoms. The summed E-state index contributed by atoms with van der Waals surface area (Å²) in [4.78, 5) is 11.9. The molecule has 1 aromatic heterocycles. The van der Waals surface area contributed by atoms with Crippen LogP contribution in [-0.2, 0) is 4.74 Å². The van der Waals surface area contributed by atoms with Gasteiger partial charge in [0, 0.05) is 5.56 Å². The van der Waals surface area contributed by atoms with Gasteiger partial charge in [0.15, 0.2) is 0 Å². The molecule has 0 saturated heterocycles. The number of esters is 1. The number of nitrogens with zero attached hydrogens (tertiary/aromatic N) is 1. The van der Waals surface area contributed by atoms with E-state index >= 15 is 0 Å². The van der Waals surface area contributed by atoms with Crippen molar-refractivity contribution in [1.82, 2.24) is 5.16 Å². The SMILES string of the molecule is CCOC(=O)c1c(-c2cccc(Cl)c2Cl)noc1C. The predicted octanol–water partition coefficient (Wildman–Crippen LogP) is 4.13. The Kier molecular flexibility index (Phi) is 4.12. The summed E-state index contributed by atoms with van der Waals surface area (Å²) in [6.07, 6.45) is 0. The molecule has 6 heteroatoms. The van der Waals surface area contributed by atoms with Crippen molar-refractivity contribution in [3.05, 3.63) is 39.6 Å². The van der Waals surface area contributed by atoms with E-state index in [2.05, 4.69) is 5.16 Å². The van der Waals surface area contributed by atoms with Gasteiger partial charge in [0.2, 0.25) is 0 Å². The van der Waals surface area contributed by atoms with Crippen LogP contribution in [0.25, 0.3) is 11.3 Å². The van der Waals surface area contributed by atoms with Crippen molar-refractivity contribution < 1.29 is 14.1 Å². The van der Waals surface area contributed by atoms with E-state index < -0.39 is 5.97 Å².